The highest BCUT2D eigenvalue weighted by Crippen LogP contribution is 2.31. The monoisotopic (exact) mass is 301 g/mol. The van der Waals surface area contributed by atoms with Crippen LogP contribution in [0.25, 0.3) is 0 Å². The maximum absolute atomic E-state index is 12.7. The van der Waals surface area contributed by atoms with Crippen LogP contribution in [0.2, 0.25) is 0 Å². The number of rotatable bonds is 4. The molecule has 9 heteroatoms. The molecule has 106 valence electrons. The van der Waals surface area contributed by atoms with Crippen molar-refractivity contribution in [3.63, 3.8) is 0 Å². The molecular weight excluding hydrogens is 291 g/mol. The summed E-state index contributed by atoms with van der Waals surface area (Å²) in [7, 11) is 0. The third-order valence-corrected chi connectivity index (χ3v) is 2.90. The Labute approximate surface area is 117 Å². The van der Waals surface area contributed by atoms with Gasteiger partial charge in [0.1, 0.15) is 15.9 Å². The van der Waals surface area contributed by atoms with Gasteiger partial charge in [0.25, 0.3) is 0 Å². The Kier molecular flexibility index (Phi) is 4.38. The van der Waals surface area contributed by atoms with Crippen molar-refractivity contribution in [2.45, 2.75) is 23.2 Å². The van der Waals surface area contributed by atoms with Crippen molar-refractivity contribution in [2.75, 3.05) is 11.9 Å². The first kappa shape index (κ1) is 14.5. The number of nitrogens with zero attached hydrogens (tertiary/aromatic N) is 4. The molecule has 0 saturated carbocycles. The Morgan fingerprint density at radius 2 is 2.00 bits per heavy atom. The Hall–Kier alpha value is -1.90. The van der Waals surface area contributed by atoms with Crippen LogP contribution in [-0.2, 0) is 6.18 Å². The average molecular weight is 301 g/mol. The highest BCUT2D eigenvalue weighted by atomic mass is 32.2. The smallest absolute Gasteiger partial charge is 0.370 e. The molecule has 20 heavy (non-hydrogen) atoms. The molecule has 0 atom stereocenters. The lowest BCUT2D eigenvalue weighted by Gasteiger charge is -2.10. The molecule has 0 aliphatic heterocycles. The van der Waals surface area contributed by atoms with Crippen molar-refractivity contribution in [1.29, 1.82) is 0 Å². The van der Waals surface area contributed by atoms with Gasteiger partial charge in [-0.3, -0.25) is 4.98 Å². The van der Waals surface area contributed by atoms with Crippen molar-refractivity contribution in [2.24, 2.45) is 0 Å². The zero-order valence-corrected chi connectivity index (χ0v) is 11.2. The Bertz CT molecular complexity index is 576. The predicted molar refractivity (Wildman–Crippen MR) is 67.4 cm³/mol. The molecule has 0 spiro atoms. The summed E-state index contributed by atoms with van der Waals surface area (Å²) in [5.41, 5.74) is 0. The second-order valence-electron chi connectivity index (χ2n) is 3.59. The van der Waals surface area contributed by atoms with Gasteiger partial charge in [-0.1, -0.05) is 0 Å². The van der Waals surface area contributed by atoms with Crippen LogP contribution < -0.4 is 5.32 Å². The van der Waals surface area contributed by atoms with Gasteiger partial charge in [-0.25, -0.2) is 15.0 Å². The van der Waals surface area contributed by atoms with E-state index in [0.29, 0.717) is 11.6 Å². The number of halogens is 3. The maximum atomic E-state index is 12.7. The molecule has 0 aromatic carbocycles. The number of anilines is 1. The summed E-state index contributed by atoms with van der Waals surface area (Å²) in [6, 6.07) is 1.44. The minimum Gasteiger partial charge on any atom is -0.370 e. The van der Waals surface area contributed by atoms with Crippen molar-refractivity contribution < 1.29 is 13.2 Å². The Morgan fingerprint density at radius 3 is 2.60 bits per heavy atom. The zero-order chi connectivity index (χ0) is 14.6. The lowest BCUT2D eigenvalue weighted by Crippen LogP contribution is -2.13. The lowest BCUT2D eigenvalue weighted by molar-refractivity contribution is -0.145. The first-order chi connectivity index (χ1) is 9.49. The van der Waals surface area contributed by atoms with E-state index in [1.54, 1.807) is 6.92 Å². The quantitative estimate of drug-likeness (QED) is 0.876. The third kappa shape index (κ3) is 3.80. The fourth-order valence-corrected chi connectivity index (χ4v) is 2.07. The summed E-state index contributed by atoms with van der Waals surface area (Å²) < 4.78 is 38.2. The van der Waals surface area contributed by atoms with Crippen LogP contribution in [-0.4, -0.2) is 26.5 Å². The van der Waals surface area contributed by atoms with Gasteiger partial charge in [0, 0.05) is 25.0 Å². The van der Waals surface area contributed by atoms with Gasteiger partial charge in [0.2, 0.25) is 5.82 Å². The third-order valence-electron chi connectivity index (χ3n) is 2.06. The number of hydrogen-bond donors (Lipinski definition) is 1. The molecule has 5 nitrogen and oxygen atoms in total. The molecule has 2 rings (SSSR count). The molecule has 2 aromatic heterocycles. The van der Waals surface area contributed by atoms with Gasteiger partial charge >= 0.3 is 6.18 Å². The normalized spacial score (nSPS) is 11.4. The molecule has 0 fully saturated rings. The fourth-order valence-electron chi connectivity index (χ4n) is 1.32. The predicted octanol–water partition coefficient (Wildman–Crippen LogP) is 2.87. The van der Waals surface area contributed by atoms with E-state index in [0.717, 1.165) is 11.8 Å². The van der Waals surface area contributed by atoms with Crippen LogP contribution in [0, 0.1) is 0 Å². The van der Waals surface area contributed by atoms with Crippen LogP contribution in [0.4, 0.5) is 19.0 Å². The summed E-state index contributed by atoms with van der Waals surface area (Å²) in [6.45, 7) is 2.23. The van der Waals surface area contributed by atoms with E-state index in [1.807, 2.05) is 0 Å². The van der Waals surface area contributed by atoms with Gasteiger partial charge in [0.15, 0.2) is 0 Å². The highest BCUT2D eigenvalue weighted by Gasteiger charge is 2.35. The first-order valence-electron chi connectivity index (χ1n) is 5.63. The van der Waals surface area contributed by atoms with E-state index in [-0.39, 0.29) is 10.8 Å². The Morgan fingerprint density at radius 1 is 1.20 bits per heavy atom. The zero-order valence-electron chi connectivity index (χ0n) is 10.3. The maximum Gasteiger partial charge on any atom is 0.451 e. The van der Waals surface area contributed by atoms with Crippen molar-refractivity contribution >= 4 is 17.6 Å². The summed E-state index contributed by atoms with van der Waals surface area (Å²) in [6.07, 6.45) is -0.204. The van der Waals surface area contributed by atoms with Crippen LogP contribution in [0.5, 0.6) is 0 Å². The lowest BCUT2D eigenvalue weighted by atomic mass is 10.5. The minimum atomic E-state index is -4.59. The second-order valence-corrected chi connectivity index (χ2v) is 4.63. The van der Waals surface area contributed by atoms with E-state index in [2.05, 4.69) is 25.3 Å². The minimum absolute atomic E-state index is 0.126. The van der Waals surface area contributed by atoms with Gasteiger partial charge in [-0.15, -0.1) is 0 Å². The molecule has 0 radical (unpaired) electrons. The van der Waals surface area contributed by atoms with Crippen molar-refractivity contribution in [1.82, 2.24) is 19.9 Å². The standard InChI is InChI=1S/C11H10F3N5S/c1-2-16-7-5-8(19-10(18-7)11(12,13)14)20-9-6-15-3-4-17-9/h3-6H,2H2,1H3,(H,16,18,19). The summed E-state index contributed by atoms with van der Waals surface area (Å²) in [4.78, 5) is 14.8. The molecular formula is C11H10F3N5S. The molecule has 0 saturated heterocycles. The molecule has 0 amide bonds. The largest absolute Gasteiger partial charge is 0.451 e. The average Bonchev–Trinajstić information content (AvgIpc) is 2.39. The van der Waals surface area contributed by atoms with Crippen molar-refractivity contribution in [3.8, 4) is 0 Å². The van der Waals surface area contributed by atoms with Crippen LogP contribution in [0.15, 0.2) is 34.7 Å². The molecule has 2 aromatic rings. The van der Waals surface area contributed by atoms with Crippen LogP contribution in [0.3, 0.4) is 0 Å². The first-order valence-corrected chi connectivity index (χ1v) is 6.44. The highest BCUT2D eigenvalue weighted by molar-refractivity contribution is 7.99. The summed E-state index contributed by atoms with van der Waals surface area (Å²) in [5.74, 6) is -1.05. The molecule has 1 N–H and O–H groups in total. The van der Waals surface area contributed by atoms with E-state index >= 15 is 0 Å². The molecule has 0 bridgehead atoms. The van der Waals surface area contributed by atoms with Crippen molar-refractivity contribution in [3.05, 3.63) is 30.5 Å². The number of alkyl halides is 3. The van der Waals surface area contributed by atoms with Crippen LogP contribution >= 0.6 is 11.8 Å². The molecule has 0 aliphatic carbocycles. The molecule has 2 heterocycles. The number of hydrogen-bond acceptors (Lipinski definition) is 6. The molecule has 0 unspecified atom stereocenters. The summed E-state index contributed by atoms with van der Waals surface area (Å²) >= 11 is 0.993. The van der Waals surface area contributed by atoms with Gasteiger partial charge in [-0.05, 0) is 18.7 Å². The van der Waals surface area contributed by atoms with E-state index in [1.165, 1.54) is 24.7 Å². The van der Waals surface area contributed by atoms with Gasteiger partial charge in [-0.2, -0.15) is 13.2 Å². The SMILES string of the molecule is CCNc1cc(Sc2cnccn2)nc(C(F)(F)F)n1. The summed E-state index contributed by atoms with van der Waals surface area (Å²) in [5, 5.41) is 3.36. The van der Waals surface area contributed by atoms with Gasteiger partial charge < -0.3 is 5.32 Å². The van der Waals surface area contributed by atoms with E-state index < -0.39 is 12.0 Å². The number of aromatic nitrogens is 4. The van der Waals surface area contributed by atoms with Gasteiger partial charge in [0.05, 0.1) is 6.20 Å². The Balaban J connectivity index is 2.34. The number of nitrogens with one attached hydrogen (secondary N) is 1. The van der Waals surface area contributed by atoms with Crippen LogP contribution in [0.1, 0.15) is 12.7 Å². The van der Waals surface area contributed by atoms with E-state index in [4.69, 9.17) is 0 Å². The topological polar surface area (TPSA) is 63.6 Å². The molecule has 0 aliphatic rings. The van der Waals surface area contributed by atoms with E-state index in [9.17, 15) is 13.2 Å². The second kappa shape index (κ2) is 6.04. The fraction of sp³-hybridized carbons (Fsp3) is 0.273.